The SMILES string of the molecule is CCN(CCO)C(=O)c1cccc(S(=O)(=O)N2CCCc3ccccc32)c1. The average Bonchev–Trinajstić information content (AvgIpc) is 2.71. The van der Waals surface area contributed by atoms with Crippen LogP contribution in [0.2, 0.25) is 0 Å². The van der Waals surface area contributed by atoms with Gasteiger partial charge in [0.25, 0.3) is 15.9 Å². The first-order chi connectivity index (χ1) is 13.0. The molecular formula is C20H24N2O4S. The highest BCUT2D eigenvalue weighted by molar-refractivity contribution is 7.92. The van der Waals surface area contributed by atoms with E-state index in [1.807, 2.05) is 31.2 Å². The van der Waals surface area contributed by atoms with E-state index in [-0.39, 0.29) is 24.0 Å². The number of aryl methyl sites for hydroxylation is 1. The van der Waals surface area contributed by atoms with Crippen LogP contribution >= 0.6 is 0 Å². The lowest BCUT2D eigenvalue weighted by Crippen LogP contribution is -2.36. The van der Waals surface area contributed by atoms with Crippen LogP contribution in [0.1, 0.15) is 29.3 Å². The maximum Gasteiger partial charge on any atom is 0.264 e. The number of benzene rings is 2. The Bertz CT molecular complexity index is 927. The second-order valence-corrected chi connectivity index (χ2v) is 8.31. The second-order valence-electron chi connectivity index (χ2n) is 6.45. The summed E-state index contributed by atoms with van der Waals surface area (Å²) in [5.41, 5.74) is 2.02. The van der Waals surface area contributed by atoms with Crippen molar-refractivity contribution in [3.8, 4) is 0 Å². The molecule has 0 fully saturated rings. The zero-order valence-electron chi connectivity index (χ0n) is 15.3. The smallest absolute Gasteiger partial charge is 0.264 e. The molecule has 2 aromatic carbocycles. The average molecular weight is 388 g/mol. The van der Waals surface area contributed by atoms with Gasteiger partial charge in [-0.15, -0.1) is 0 Å². The van der Waals surface area contributed by atoms with E-state index >= 15 is 0 Å². The summed E-state index contributed by atoms with van der Waals surface area (Å²) in [6.07, 6.45) is 1.61. The Morgan fingerprint density at radius 1 is 1.19 bits per heavy atom. The summed E-state index contributed by atoms with van der Waals surface area (Å²) >= 11 is 0. The topological polar surface area (TPSA) is 77.9 Å². The van der Waals surface area contributed by atoms with E-state index < -0.39 is 10.0 Å². The molecule has 6 nitrogen and oxygen atoms in total. The number of aliphatic hydroxyl groups excluding tert-OH is 1. The molecule has 0 atom stereocenters. The summed E-state index contributed by atoms with van der Waals surface area (Å²) < 4.78 is 27.9. The number of carbonyl (C=O) groups is 1. The van der Waals surface area contributed by atoms with Crippen LogP contribution in [0.5, 0.6) is 0 Å². The van der Waals surface area contributed by atoms with Crippen LogP contribution < -0.4 is 4.31 Å². The highest BCUT2D eigenvalue weighted by Crippen LogP contribution is 2.32. The van der Waals surface area contributed by atoms with Crippen LogP contribution in [-0.2, 0) is 16.4 Å². The molecule has 3 rings (SSSR count). The summed E-state index contributed by atoms with van der Waals surface area (Å²) in [5, 5.41) is 9.11. The van der Waals surface area contributed by atoms with Gasteiger partial charge in [-0.2, -0.15) is 0 Å². The van der Waals surface area contributed by atoms with E-state index in [1.54, 1.807) is 12.1 Å². The van der Waals surface area contributed by atoms with Crippen molar-refractivity contribution in [2.75, 3.05) is 30.5 Å². The molecule has 0 saturated heterocycles. The molecule has 1 amide bonds. The predicted octanol–water partition coefficient (Wildman–Crippen LogP) is 2.28. The molecule has 0 aromatic heterocycles. The number of fused-ring (bicyclic) bond motifs is 1. The fourth-order valence-electron chi connectivity index (χ4n) is 3.37. The predicted molar refractivity (Wildman–Crippen MR) is 104 cm³/mol. The molecule has 1 aliphatic heterocycles. The number of para-hydroxylation sites is 1. The van der Waals surface area contributed by atoms with Gasteiger partial charge in [0, 0.05) is 25.2 Å². The highest BCUT2D eigenvalue weighted by atomic mass is 32.2. The molecule has 7 heteroatoms. The van der Waals surface area contributed by atoms with Crippen molar-refractivity contribution in [2.45, 2.75) is 24.7 Å². The van der Waals surface area contributed by atoms with Crippen molar-refractivity contribution in [1.29, 1.82) is 0 Å². The lowest BCUT2D eigenvalue weighted by Gasteiger charge is -2.30. The molecular weight excluding hydrogens is 364 g/mol. The van der Waals surface area contributed by atoms with Crippen LogP contribution in [0.3, 0.4) is 0 Å². The lowest BCUT2D eigenvalue weighted by molar-refractivity contribution is 0.0731. The lowest BCUT2D eigenvalue weighted by atomic mass is 10.0. The third kappa shape index (κ3) is 3.84. The fraction of sp³-hybridized carbons (Fsp3) is 0.350. The fourth-order valence-corrected chi connectivity index (χ4v) is 4.96. The number of nitrogens with zero attached hydrogens (tertiary/aromatic N) is 2. The maximum absolute atomic E-state index is 13.3. The van der Waals surface area contributed by atoms with E-state index in [1.165, 1.54) is 21.3 Å². The molecule has 1 N–H and O–H groups in total. The van der Waals surface area contributed by atoms with Crippen LogP contribution in [0.4, 0.5) is 5.69 Å². The third-order valence-corrected chi connectivity index (χ3v) is 6.58. The standard InChI is InChI=1S/C20H24N2O4S/c1-2-21(13-14-23)20(24)17-8-5-10-18(15-17)27(25,26)22-12-6-9-16-7-3-4-11-19(16)22/h3-5,7-8,10-11,15,23H,2,6,9,12-14H2,1H3. The number of carbonyl (C=O) groups excluding carboxylic acids is 1. The monoisotopic (exact) mass is 388 g/mol. The van der Waals surface area contributed by atoms with Gasteiger partial charge >= 0.3 is 0 Å². The molecule has 1 heterocycles. The van der Waals surface area contributed by atoms with Gasteiger partial charge < -0.3 is 10.0 Å². The number of hydrogen-bond acceptors (Lipinski definition) is 4. The number of rotatable bonds is 6. The van der Waals surface area contributed by atoms with Gasteiger partial charge in [0.05, 0.1) is 17.2 Å². The van der Waals surface area contributed by atoms with Crippen molar-refractivity contribution in [1.82, 2.24) is 4.90 Å². The zero-order valence-corrected chi connectivity index (χ0v) is 16.2. The molecule has 144 valence electrons. The number of sulfonamides is 1. The summed E-state index contributed by atoms with van der Waals surface area (Å²) in [5.74, 6) is -0.289. The van der Waals surface area contributed by atoms with Gasteiger partial charge in [0.1, 0.15) is 0 Å². The normalized spacial score (nSPS) is 13.9. The largest absolute Gasteiger partial charge is 0.395 e. The molecule has 0 spiro atoms. The van der Waals surface area contributed by atoms with E-state index in [9.17, 15) is 13.2 Å². The maximum atomic E-state index is 13.3. The first-order valence-corrected chi connectivity index (χ1v) is 10.5. The number of aliphatic hydroxyl groups is 1. The van der Waals surface area contributed by atoms with Crippen LogP contribution in [-0.4, -0.2) is 50.6 Å². The summed E-state index contributed by atoms with van der Waals surface area (Å²) in [4.78, 5) is 14.2. The zero-order chi connectivity index (χ0) is 19.4. The van der Waals surface area contributed by atoms with Crippen molar-refractivity contribution < 1.29 is 18.3 Å². The van der Waals surface area contributed by atoms with Crippen LogP contribution in [0.25, 0.3) is 0 Å². The summed E-state index contributed by atoms with van der Waals surface area (Å²) in [6, 6.07) is 13.6. The molecule has 0 unspecified atom stereocenters. The van der Waals surface area contributed by atoms with Gasteiger partial charge in [-0.05, 0) is 49.6 Å². The van der Waals surface area contributed by atoms with Crippen molar-refractivity contribution in [3.63, 3.8) is 0 Å². The number of anilines is 1. The Balaban J connectivity index is 1.96. The quantitative estimate of drug-likeness (QED) is 0.824. The van der Waals surface area contributed by atoms with Gasteiger partial charge in [-0.1, -0.05) is 24.3 Å². The number of likely N-dealkylation sites (N-methyl/N-ethyl adjacent to an activating group) is 1. The molecule has 0 aliphatic carbocycles. The molecule has 0 bridgehead atoms. The van der Waals surface area contributed by atoms with E-state index in [2.05, 4.69) is 0 Å². The summed E-state index contributed by atoms with van der Waals surface area (Å²) in [6.45, 7) is 2.76. The minimum absolute atomic E-state index is 0.102. The molecule has 27 heavy (non-hydrogen) atoms. The van der Waals surface area contributed by atoms with Crippen molar-refractivity contribution in [3.05, 3.63) is 59.7 Å². The van der Waals surface area contributed by atoms with E-state index in [0.717, 1.165) is 18.4 Å². The highest BCUT2D eigenvalue weighted by Gasteiger charge is 2.29. The van der Waals surface area contributed by atoms with Crippen molar-refractivity contribution >= 4 is 21.6 Å². The Morgan fingerprint density at radius 3 is 2.70 bits per heavy atom. The second kappa shape index (κ2) is 8.10. The molecule has 0 saturated carbocycles. The van der Waals surface area contributed by atoms with Gasteiger partial charge in [0.15, 0.2) is 0 Å². The minimum Gasteiger partial charge on any atom is -0.395 e. The Hall–Kier alpha value is -2.38. The summed E-state index contributed by atoms with van der Waals surface area (Å²) in [7, 11) is -3.76. The molecule has 1 aliphatic rings. The van der Waals surface area contributed by atoms with Gasteiger partial charge in [0.2, 0.25) is 0 Å². The van der Waals surface area contributed by atoms with Crippen LogP contribution in [0.15, 0.2) is 53.4 Å². The first kappa shape index (κ1) is 19.4. The van der Waals surface area contributed by atoms with Crippen LogP contribution in [0, 0.1) is 0 Å². The Morgan fingerprint density at radius 2 is 1.96 bits per heavy atom. The number of hydrogen-bond donors (Lipinski definition) is 1. The molecule has 2 aromatic rings. The number of amides is 1. The van der Waals surface area contributed by atoms with Gasteiger partial charge in [-0.25, -0.2) is 8.42 Å². The third-order valence-electron chi connectivity index (χ3n) is 4.78. The Labute approximate surface area is 160 Å². The van der Waals surface area contributed by atoms with Gasteiger partial charge in [-0.3, -0.25) is 9.10 Å². The molecule has 0 radical (unpaired) electrons. The first-order valence-electron chi connectivity index (χ1n) is 9.10. The minimum atomic E-state index is -3.76. The van der Waals surface area contributed by atoms with E-state index in [4.69, 9.17) is 5.11 Å². The Kier molecular flexibility index (Phi) is 5.82. The van der Waals surface area contributed by atoms with Crippen molar-refractivity contribution in [2.24, 2.45) is 0 Å². The van der Waals surface area contributed by atoms with E-state index in [0.29, 0.717) is 24.3 Å².